The van der Waals surface area contributed by atoms with E-state index in [-0.39, 0.29) is 5.75 Å². The van der Waals surface area contributed by atoms with Crippen LogP contribution >= 0.6 is 11.3 Å². The van der Waals surface area contributed by atoms with Gasteiger partial charge in [-0.3, -0.25) is 19.3 Å². The summed E-state index contributed by atoms with van der Waals surface area (Å²) < 4.78 is 12.7. The molecule has 4 heterocycles. The second kappa shape index (κ2) is 14.8. The summed E-state index contributed by atoms with van der Waals surface area (Å²) in [6, 6.07) is 43.4. The van der Waals surface area contributed by atoms with Crippen molar-refractivity contribution < 1.29 is 29.0 Å². The average Bonchev–Trinajstić information content (AvgIpc) is 3.93. The molecule has 0 saturated carbocycles. The number of para-hydroxylation sites is 1. The van der Waals surface area contributed by atoms with Gasteiger partial charge in [0.15, 0.2) is 5.13 Å². The number of phenolic OH excluding ortho intramolecular Hbond substituents is 1. The lowest BCUT2D eigenvalue weighted by atomic mass is 9.65. The summed E-state index contributed by atoms with van der Waals surface area (Å²) >= 11 is 1.31. The van der Waals surface area contributed by atoms with Crippen LogP contribution in [0.25, 0.3) is 10.2 Å². The maximum atomic E-state index is 15.4. The van der Waals surface area contributed by atoms with E-state index in [1.54, 1.807) is 37.4 Å². The summed E-state index contributed by atoms with van der Waals surface area (Å²) in [5, 5.41) is 17.1. The van der Waals surface area contributed by atoms with Crippen molar-refractivity contribution in [2.24, 2.45) is 5.92 Å². The zero-order valence-corrected chi connectivity index (χ0v) is 32.9. The number of amides is 2. The molecule has 1 aromatic heterocycles. The van der Waals surface area contributed by atoms with Gasteiger partial charge in [0.05, 0.1) is 35.3 Å². The SMILES string of the molecule is COc1ccc(C#Cc2ccc3c(c2)C2(C(=O)N3)C(C(=O)Nc3nc4ccccc4s3)C3C(=O)OC(c4ccccc4)C(c4ccccc4)N3C2c2ccc(O)cc2)cc1. The summed E-state index contributed by atoms with van der Waals surface area (Å²) in [7, 11) is 1.60. The Morgan fingerprint density at radius 2 is 1.47 bits per heavy atom. The number of methoxy groups -OCH3 is 1. The molecule has 7 aromatic rings. The number of anilines is 2. The van der Waals surface area contributed by atoms with Gasteiger partial charge in [-0.1, -0.05) is 108 Å². The topological polar surface area (TPSA) is 130 Å². The number of carbonyl (C=O) groups is 3. The molecule has 0 bridgehead atoms. The number of fused-ring (bicyclic) bond motifs is 4. The second-order valence-electron chi connectivity index (χ2n) is 15.0. The molecule has 6 aromatic carbocycles. The van der Waals surface area contributed by atoms with E-state index in [1.807, 2.05) is 126 Å². The number of phenols is 1. The van der Waals surface area contributed by atoms with Crippen LogP contribution in [0, 0.1) is 17.8 Å². The van der Waals surface area contributed by atoms with E-state index in [2.05, 4.69) is 22.5 Å². The van der Waals surface area contributed by atoms with Crippen LogP contribution in [0.1, 0.15) is 51.6 Å². The average molecular weight is 809 g/mol. The van der Waals surface area contributed by atoms with Gasteiger partial charge < -0.3 is 25.2 Å². The molecule has 6 atom stereocenters. The molecule has 10 rings (SSSR count). The minimum atomic E-state index is -1.73. The molecular formula is C49H36N4O6S. The molecule has 2 amide bonds. The quantitative estimate of drug-likeness (QED) is 0.113. The molecule has 3 N–H and O–H groups in total. The minimum Gasteiger partial charge on any atom is -0.508 e. The Balaban J connectivity index is 1.22. The summed E-state index contributed by atoms with van der Waals surface area (Å²) in [5.41, 5.74) is 3.55. The lowest BCUT2D eigenvalue weighted by Gasteiger charge is -2.46. The molecule has 60 heavy (non-hydrogen) atoms. The Labute approximate surface area is 349 Å². The van der Waals surface area contributed by atoms with Crippen molar-refractivity contribution in [3.05, 3.63) is 185 Å². The van der Waals surface area contributed by atoms with Crippen LogP contribution in [0.3, 0.4) is 0 Å². The number of esters is 1. The molecule has 294 valence electrons. The number of nitrogens with zero attached hydrogens (tertiary/aromatic N) is 2. The maximum Gasteiger partial charge on any atom is 0.324 e. The first-order chi connectivity index (χ1) is 29.3. The third kappa shape index (κ3) is 6.08. The van der Waals surface area contributed by atoms with Crippen LogP contribution < -0.4 is 15.4 Å². The molecule has 6 unspecified atom stereocenters. The Kier molecular flexibility index (Phi) is 9.16. The van der Waals surface area contributed by atoms with Gasteiger partial charge in [0.2, 0.25) is 11.8 Å². The van der Waals surface area contributed by atoms with Gasteiger partial charge in [0, 0.05) is 16.8 Å². The van der Waals surface area contributed by atoms with Crippen molar-refractivity contribution in [2.45, 2.75) is 29.6 Å². The van der Waals surface area contributed by atoms with Crippen molar-refractivity contribution >= 4 is 50.2 Å². The first kappa shape index (κ1) is 37.0. The molecule has 1 spiro atoms. The van der Waals surface area contributed by atoms with E-state index in [9.17, 15) is 5.11 Å². The molecule has 0 aliphatic carbocycles. The van der Waals surface area contributed by atoms with Crippen LogP contribution in [0.15, 0.2) is 152 Å². The number of thiazole rings is 1. The zero-order valence-electron chi connectivity index (χ0n) is 32.1. The number of aromatic hydroxyl groups is 1. The van der Waals surface area contributed by atoms with Crippen LogP contribution in [-0.4, -0.2) is 45.9 Å². The van der Waals surface area contributed by atoms with Gasteiger partial charge in [-0.05, 0) is 89.0 Å². The van der Waals surface area contributed by atoms with Crippen molar-refractivity contribution in [2.75, 3.05) is 17.7 Å². The lowest BCUT2D eigenvalue weighted by Crippen LogP contribution is -2.53. The Morgan fingerprint density at radius 3 is 2.18 bits per heavy atom. The van der Waals surface area contributed by atoms with Crippen LogP contribution in [0.2, 0.25) is 0 Å². The predicted octanol–water partition coefficient (Wildman–Crippen LogP) is 8.32. The number of hydrogen-bond donors (Lipinski definition) is 3. The number of morpholine rings is 1. The number of cyclic esters (lactones) is 1. The maximum absolute atomic E-state index is 15.4. The summed E-state index contributed by atoms with van der Waals surface area (Å²) in [5.74, 6) is 4.22. The van der Waals surface area contributed by atoms with Crippen molar-refractivity contribution in [3.63, 3.8) is 0 Å². The van der Waals surface area contributed by atoms with Crippen molar-refractivity contribution in [1.82, 2.24) is 9.88 Å². The molecule has 2 saturated heterocycles. The highest BCUT2D eigenvalue weighted by Crippen LogP contribution is 2.65. The van der Waals surface area contributed by atoms with E-state index in [1.165, 1.54) is 11.3 Å². The highest BCUT2D eigenvalue weighted by Gasteiger charge is 2.74. The zero-order chi connectivity index (χ0) is 41.0. The number of aromatic nitrogens is 1. The standard InChI is InChI=1S/C49H36N4O6S/c1-58-35-25-18-29(19-26-35)16-17-30-20-27-37-36(28-30)49(47(57)50-37)40(45(55)52-48-51-38-14-8-9-15-39(38)60-48)42-46(56)59-43(32-12-6-3-7-13-32)41(31-10-4-2-5-11-31)53(42)44(49)33-21-23-34(54)24-22-33/h2-15,18-28,40-44,54H,1H3,(H,50,57)(H,51,52,55). The van der Waals surface area contributed by atoms with E-state index >= 15 is 14.4 Å². The van der Waals surface area contributed by atoms with Crippen molar-refractivity contribution in [1.29, 1.82) is 0 Å². The largest absolute Gasteiger partial charge is 0.508 e. The monoisotopic (exact) mass is 808 g/mol. The second-order valence-corrected chi connectivity index (χ2v) is 16.1. The molecular weight excluding hydrogens is 773 g/mol. The third-order valence-corrected chi connectivity index (χ3v) is 12.7. The molecule has 10 nitrogen and oxygen atoms in total. The third-order valence-electron chi connectivity index (χ3n) is 11.8. The molecule has 3 aliphatic rings. The normalized spacial score (nSPS) is 22.9. The Bertz CT molecular complexity index is 2820. The fraction of sp³-hybridized carbons (Fsp3) is 0.143. The molecule has 3 aliphatic heterocycles. The van der Waals surface area contributed by atoms with E-state index in [0.717, 1.165) is 21.4 Å². The minimum absolute atomic E-state index is 0.0275. The van der Waals surface area contributed by atoms with Gasteiger partial charge in [-0.2, -0.15) is 0 Å². The lowest BCUT2D eigenvalue weighted by molar-refractivity contribution is -0.177. The van der Waals surface area contributed by atoms with Crippen molar-refractivity contribution in [3.8, 4) is 23.3 Å². The highest BCUT2D eigenvalue weighted by atomic mass is 32.1. The Morgan fingerprint density at radius 1 is 0.800 bits per heavy atom. The number of carbonyl (C=O) groups excluding carboxylic acids is 3. The summed E-state index contributed by atoms with van der Waals surface area (Å²) in [4.78, 5) is 52.6. The fourth-order valence-corrected chi connectivity index (χ4v) is 10.1. The van der Waals surface area contributed by atoms with Crippen LogP contribution in [0.4, 0.5) is 10.8 Å². The summed E-state index contributed by atoms with van der Waals surface area (Å²) in [6.07, 6.45) is -0.814. The number of rotatable bonds is 6. The smallest absolute Gasteiger partial charge is 0.324 e. The van der Waals surface area contributed by atoms with E-state index in [4.69, 9.17) is 14.5 Å². The van der Waals surface area contributed by atoms with E-state index in [0.29, 0.717) is 38.8 Å². The molecule has 2 fully saturated rings. The van der Waals surface area contributed by atoms with E-state index < -0.39 is 53.3 Å². The Hall–Kier alpha value is -7.26. The predicted molar refractivity (Wildman–Crippen MR) is 228 cm³/mol. The van der Waals surface area contributed by atoms with Gasteiger partial charge >= 0.3 is 5.97 Å². The van der Waals surface area contributed by atoms with Crippen LogP contribution in [-0.2, 0) is 24.5 Å². The van der Waals surface area contributed by atoms with Gasteiger partial charge in [-0.15, -0.1) is 0 Å². The first-order valence-electron chi connectivity index (χ1n) is 19.5. The molecule has 11 heteroatoms. The van der Waals surface area contributed by atoms with Crippen LogP contribution in [0.5, 0.6) is 11.5 Å². The number of hydrogen-bond acceptors (Lipinski definition) is 9. The summed E-state index contributed by atoms with van der Waals surface area (Å²) in [6.45, 7) is 0. The molecule has 0 radical (unpaired) electrons. The fourth-order valence-electron chi connectivity index (χ4n) is 9.26. The first-order valence-corrected chi connectivity index (χ1v) is 20.3. The van der Waals surface area contributed by atoms with Gasteiger partial charge in [0.25, 0.3) is 0 Å². The number of nitrogens with one attached hydrogen (secondary N) is 2. The number of benzene rings is 6. The number of ether oxygens (including phenoxy) is 2. The van der Waals surface area contributed by atoms with Gasteiger partial charge in [-0.25, -0.2) is 4.98 Å². The highest BCUT2D eigenvalue weighted by molar-refractivity contribution is 7.22. The van der Waals surface area contributed by atoms with Gasteiger partial charge in [0.1, 0.15) is 29.1 Å².